The van der Waals surface area contributed by atoms with Crippen molar-refractivity contribution >= 4 is 17.7 Å². The van der Waals surface area contributed by atoms with E-state index in [0.29, 0.717) is 25.0 Å². The van der Waals surface area contributed by atoms with Crippen LogP contribution in [0.2, 0.25) is 0 Å². The van der Waals surface area contributed by atoms with Gasteiger partial charge in [-0.15, -0.1) is 11.8 Å². The number of carboxylic acid groups (broad SMARTS) is 1. The maximum atomic E-state index is 11.2. The van der Waals surface area contributed by atoms with Crippen molar-refractivity contribution in [2.75, 3.05) is 26.3 Å². The number of ether oxygens (including phenoxy) is 1. The average molecular weight is 279 g/mol. The van der Waals surface area contributed by atoms with E-state index in [1.165, 1.54) is 10.5 Å². The van der Waals surface area contributed by atoms with Crippen molar-refractivity contribution in [3.8, 4) is 0 Å². The van der Waals surface area contributed by atoms with Crippen LogP contribution in [0.4, 0.5) is 0 Å². The van der Waals surface area contributed by atoms with E-state index in [4.69, 9.17) is 4.74 Å². The van der Waals surface area contributed by atoms with E-state index in [0.717, 1.165) is 13.0 Å². The van der Waals surface area contributed by atoms with Crippen LogP contribution in [0.5, 0.6) is 0 Å². The highest BCUT2D eigenvalue weighted by Crippen LogP contribution is 2.37. The van der Waals surface area contributed by atoms with Crippen LogP contribution in [-0.4, -0.2) is 53.6 Å². The summed E-state index contributed by atoms with van der Waals surface area (Å²) >= 11 is 1.87. The second-order valence-corrected chi connectivity index (χ2v) is 6.32. The first kappa shape index (κ1) is 13.0. The van der Waals surface area contributed by atoms with Gasteiger partial charge in [0.25, 0.3) is 0 Å². The highest BCUT2D eigenvalue weighted by molar-refractivity contribution is 8.00. The van der Waals surface area contributed by atoms with Crippen LogP contribution in [0.25, 0.3) is 0 Å². The second-order valence-electron chi connectivity index (χ2n) is 4.98. The molecule has 0 aliphatic carbocycles. The number of hydrogen-bond donors (Lipinski definition) is 1. The largest absolute Gasteiger partial charge is 0.480 e. The number of rotatable bonds is 3. The molecule has 2 aliphatic rings. The number of fused-ring (bicyclic) bond motifs is 1. The van der Waals surface area contributed by atoms with Crippen LogP contribution in [0.15, 0.2) is 29.2 Å². The van der Waals surface area contributed by atoms with Gasteiger partial charge in [-0.25, -0.2) is 0 Å². The normalized spacial score (nSPS) is 27.2. The Morgan fingerprint density at radius 3 is 3.11 bits per heavy atom. The first-order chi connectivity index (χ1) is 9.24. The zero-order valence-electron chi connectivity index (χ0n) is 10.6. The Morgan fingerprint density at radius 1 is 1.47 bits per heavy atom. The van der Waals surface area contributed by atoms with Crippen LogP contribution >= 0.6 is 11.8 Å². The van der Waals surface area contributed by atoms with Crippen LogP contribution in [0, 0.1) is 0 Å². The Kier molecular flexibility index (Phi) is 3.77. The Morgan fingerprint density at radius 2 is 2.32 bits per heavy atom. The fraction of sp³-hybridized carbons (Fsp3) is 0.500. The topological polar surface area (TPSA) is 49.8 Å². The van der Waals surface area contributed by atoms with Gasteiger partial charge < -0.3 is 9.84 Å². The molecule has 2 aliphatic heterocycles. The van der Waals surface area contributed by atoms with Crippen molar-refractivity contribution in [2.45, 2.75) is 22.6 Å². The Labute approximate surface area is 116 Å². The highest BCUT2D eigenvalue weighted by atomic mass is 32.2. The lowest BCUT2D eigenvalue weighted by Gasteiger charge is -2.34. The van der Waals surface area contributed by atoms with E-state index in [2.05, 4.69) is 29.2 Å². The van der Waals surface area contributed by atoms with Crippen molar-refractivity contribution in [3.05, 3.63) is 29.8 Å². The molecule has 0 spiro atoms. The molecule has 102 valence electrons. The summed E-state index contributed by atoms with van der Waals surface area (Å²) in [6, 6.07) is 7.95. The summed E-state index contributed by atoms with van der Waals surface area (Å²) in [5.41, 5.74) is 1.39. The lowest BCUT2D eigenvalue weighted by Crippen LogP contribution is -2.51. The molecule has 0 bridgehead atoms. The third kappa shape index (κ3) is 2.78. The molecular weight excluding hydrogens is 262 g/mol. The number of nitrogens with zero attached hydrogens (tertiary/aromatic N) is 1. The van der Waals surface area contributed by atoms with Gasteiger partial charge in [0.1, 0.15) is 6.04 Å². The number of benzene rings is 1. The first-order valence-corrected chi connectivity index (χ1v) is 7.41. The number of carbonyl (C=O) groups is 1. The fourth-order valence-electron chi connectivity index (χ4n) is 2.70. The summed E-state index contributed by atoms with van der Waals surface area (Å²) in [4.78, 5) is 14.6. The Balaban J connectivity index is 1.64. The maximum absolute atomic E-state index is 11.2. The molecule has 0 radical (unpaired) electrons. The number of thioether (sulfide) groups is 1. The lowest BCUT2D eigenvalue weighted by molar-refractivity contribution is -0.149. The van der Waals surface area contributed by atoms with E-state index in [9.17, 15) is 9.90 Å². The minimum atomic E-state index is -0.778. The van der Waals surface area contributed by atoms with Crippen molar-refractivity contribution in [1.29, 1.82) is 0 Å². The van der Waals surface area contributed by atoms with E-state index in [1.807, 2.05) is 11.8 Å². The summed E-state index contributed by atoms with van der Waals surface area (Å²) in [5, 5.41) is 9.68. The molecule has 1 aromatic rings. The van der Waals surface area contributed by atoms with Crippen molar-refractivity contribution in [3.63, 3.8) is 0 Å². The Hall–Kier alpha value is -1.04. The van der Waals surface area contributed by atoms with Crippen LogP contribution in [0.1, 0.15) is 5.56 Å². The smallest absolute Gasteiger partial charge is 0.323 e. The molecule has 0 amide bonds. The van der Waals surface area contributed by atoms with Crippen molar-refractivity contribution in [2.24, 2.45) is 0 Å². The van der Waals surface area contributed by atoms with E-state index < -0.39 is 12.0 Å². The van der Waals surface area contributed by atoms with Gasteiger partial charge in [0.15, 0.2) is 0 Å². The quantitative estimate of drug-likeness (QED) is 0.908. The standard InChI is InChI=1S/C14H17NO3S/c16-14(17)12-9-18-6-5-15(12)8-11-7-10-3-1-2-4-13(10)19-11/h1-4,11-12H,5-9H2,(H,16,17). The van der Waals surface area contributed by atoms with Crippen molar-refractivity contribution in [1.82, 2.24) is 4.90 Å². The molecule has 2 unspecified atom stereocenters. The average Bonchev–Trinajstić information content (AvgIpc) is 2.81. The maximum Gasteiger partial charge on any atom is 0.323 e. The first-order valence-electron chi connectivity index (χ1n) is 6.53. The zero-order chi connectivity index (χ0) is 13.2. The summed E-state index contributed by atoms with van der Waals surface area (Å²) in [5.74, 6) is -0.778. The number of carboxylic acids is 1. The fourth-order valence-corrected chi connectivity index (χ4v) is 4.05. The lowest BCUT2D eigenvalue weighted by atomic mass is 10.1. The van der Waals surface area contributed by atoms with E-state index in [-0.39, 0.29) is 0 Å². The summed E-state index contributed by atoms with van der Waals surface area (Å²) < 4.78 is 5.27. The van der Waals surface area contributed by atoms with Gasteiger partial charge in [-0.3, -0.25) is 9.69 Å². The molecule has 0 aromatic heterocycles. The van der Waals surface area contributed by atoms with E-state index in [1.54, 1.807) is 0 Å². The molecule has 4 nitrogen and oxygen atoms in total. The van der Waals surface area contributed by atoms with Crippen LogP contribution in [-0.2, 0) is 16.0 Å². The summed E-state index contributed by atoms with van der Waals surface area (Å²) in [7, 11) is 0. The Bertz CT molecular complexity index is 455. The summed E-state index contributed by atoms with van der Waals surface area (Å²) in [6.45, 7) is 2.47. The van der Waals surface area contributed by atoms with Gasteiger partial charge in [-0.05, 0) is 18.1 Å². The third-order valence-electron chi connectivity index (χ3n) is 3.68. The molecular formula is C14H17NO3S. The van der Waals surface area contributed by atoms with Gasteiger partial charge in [0.2, 0.25) is 0 Å². The van der Waals surface area contributed by atoms with Crippen LogP contribution < -0.4 is 0 Å². The molecule has 0 saturated carbocycles. The van der Waals surface area contributed by atoms with E-state index >= 15 is 0 Å². The predicted molar refractivity (Wildman–Crippen MR) is 73.6 cm³/mol. The minimum Gasteiger partial charge on any atom is -0.480 e. The third-order valence-corrected chi connectivity index (χ3v) is 4.98. The van der Waals surface area contributed by atoms with Gasteiger partial charge in [-0.1, -0.05) is 18.2 Å². The molecule has 1 saturated heterocycles. The highest BCUT2D eigenvalue weighted by Gasteiger charge is 2.32. The van der Waals surface area contributed by atoms with Crippen LogP contribution in [0.3, 0.4) is 0 Å². The molecule has 1 aromatic carbocycles. The van der Waals surface area contributed by atoms with Gasteiger partial charge in [0.05, 0.1) is 13.2 Å². The van der Waals surface area contributed by atoms with Gasteiger partial charge in [0, 0.05) is 23.2 Å². The monoisotopic (exact) mass is 279 g/mol. The molecule has 2 atom stereocenters. The SMILES string of the molecule is O=C(O)C1COCCN1CC1Cc2ccccc2S1. The van der Waals surface area contributed by atoms with Gasteiger partial charge >= 0.3 is 5.97 Å². The number of morpholine rings is 1. The molecule has 2 heterocycles. The van der Waals surface area contributed by atoms with Gasteiger partial charge in [-0.2, -0.15) is 0 Å². The molecule has 3 rings (SSSR count). The molecule has 1 fully saturated rings. The predicted octanol–water partition coefficient (Wildman–Crippen LogP) is 1.49. The molecule has 1 N–H and O–H groups in total. The number of hydrogen-bond acceptors (Lipinski definition) is 4. The molecule has 19 heavy (non-hydrogen) atoms. The minimum absolute atomic E-state index is 0.305. The zero-order valence-corrected chi connectivity index (χ0v) is 11.4. The van der Waals surface area contributed by atoms with Crippen molar-refractivity contribution < 1.29 is 14.6 Å². The number of aliphatic carboxylic acids is 1. The summed E-state index contributed by atoms with van der Waals surface area (Å²) in [6.07, 6.45) is 1.03. The second kappa shape index (κ2) is 5.53. The molecule has 5 heteroatoms.